The zero-order chi connectivity index (χ0) is 17.6. The molecule has 0 saturated heterocycles. The lowest BCUT2D eigenvalue weighted by molar-refractivity contribution is 0.528. The number of aryl methyl sites for hydroxylation is 1. The number of oxazole rings is 1. The van der Waals surface area contributed by atoms with Gasteiger partial charge in [-0.05, 0) is 42.5 Å². The van der Waals surface area contributed by atoms with Crippen molar-refractivity contribution in [1.29, 1.82) is 0 Å². The van der Waals surface area contributed by atoms with Crippen LogP contribution >= 0.6 is 11.6 Å². The van der Waals surface area contributed by atoms with Crippen LogP contribution in [0.3, 0.4) is 0 Å². The number of aromatic amines is 1. The Morgan fingerprint density at radius 2 is 2.00 bits per heavy atom. The van der Waals surface area contributed by atoms with E-state index in [1.165, 1.54) is 4.57 Å². The van der Waals surface area contributed by atoms with Crippen molar-refractivity contribution < 1.29 is 4.42 Å². The summed E-state index contributed by atoms with van der Waals surface area (Å²) >= 11 is 6.01. The largest absolute Gasteiger partial charge is 0.419 e. The molecule has 0 spiro atoms. The van der Waals surface area contributed by atoms with Gasteiger partial charge in [-0.3, -0.25) is 9.36 Å². The highest BCUT2D eigenvalue weighted by Crippen LogP contribution is 2.20. The molecule has 4 aromatic rings. The van der Waals surface area contributed by atoms with E-state index in [4.69, 9.17) is 16.0 Å². The van der Waals surface area contributed by atoms with Crippen LogP contribution in [0.15, 0.2) is 56.5 Å². The second kappa shape index (κ2) is 5.82. The molecule has 6 nitrogen and oxygen atoms in total. The van der Waals surface area contributed by atoms with Crippen LogP contribution in [0.4, 0.5) is 5.69 Å². The third kappa shape index (κ3) is 2.81. The second-order valence-corrected chi connectivity index (χ2v) is 6.25. The highest BCUT2D eigenvalue weighted by Gasteiger charge is 2.08. The molecule has 2 aromatic heterocycles. The Morgan fingerprint density at radius 3 is 2.84 bits per heavy atom. The minimum Gasteiger partial charge on any atom is -0.408 e. The molecule has 2 heterocycles. The van der Waals surface area contributed by atoms with Gasteiger partial charge in [0.1, 0.15) is 0 Å². The van der Waals surface area contributed by atoms with E-state index in [2.05, 4.69) is 10.3 Å². The Balaban J connectivity index is 1.65. The van der Waals surface area contributed by atoms with Crippen molar-refractivity contribution in [1.82, 2.24) is 9.55 Å². The third-order valence-corrected chi connectivity index (χ3v) is 4.39. The molecule has 0 unspecified atom stereocenters. The van der Waals surface area contributed by atoms with Gasteiger partial charge in [0.25, 0.3) is 5.56 Å². The maximum Gasteiger partial charge on any atom is 0.419 e. The van der Waals surface area contributed by atoms with Gasteiger partial charge < -0.3 is 14.7 Å². The zero-order valence-corrected chi connectivity index (χ0v) is 14.1. The molecule has 0 aliphatic rings. The van der Waals surface area contributed by atoms with Gasteiger partial charge in [0.15, 0.2) is 5.58 Å². The molecule has 7 heteroatoms. The topological polar surface area (TPSA) is 80.0 Å². The van der Waals surface area contributed by atoms with Gasteiger partial charge in [-0.2, -0.15) is 0 Å². The van der Waals surface area contributed by atoms with Crippen LogP contribution in [0.5, 0.6) is 0 Å². The summed E-state index contributed by atoms with van der Waals surface area (Å²) in [6.07, 6.45) is 0. The molecule has 0 aliphatic carbocycles. The van der Waals surface area contributed by atoms with Crippen molar-refractivity contribution in [2.75, 3.05) is 5.32 Å². The first-order chi connectivity index (χ1) is 12.0. The minimum absolute atomic E-state index is 0.154. The predicted octanol–water partition coefficient (Wildman–Crippen LogP) is 3.24. The summed E-state index contributed by atoms with van der Waals surface area (Å²) in [6.45, 7) is 0.342. The lowest BCUT2D eigenvalue weighted by Crippen LogP contribution is -2.15. The van der Waals surface area contributed by atoms with Crippen LogP contribution in [0.1, 0.15) is 5.56 Å². The number of nitrogens with zero attached hydrogens (tertiary/aromatic N) is 1. The SMILES string of the molecule is Cn1c(=O)oc2ccc(NCc3cc4cc(Cl)ccc4[nH]c3=O)cc21. The third-order valence-electron chi connectivity index (χ3n) is 4.16. The minimum atomic E-state index is -0.407. The first-order valence-corrected chi connectivity index (χ1v) is 8.04. The number of hydrogen-bond acceptors (Lipinski definition) is 4. The zero-order valence-electron chi connectivity index (χ0n) is 13.3. The van der Waals surface area contributed by atoms with Crippen LogP contribution < -0.4 is 16.6 Å². The average molecular weight is 356 g/mol. The van der Waals surface area contributed by atoms with Crippen LogP contribution in [0, 0.1) is 0 Å². The van der Waals surface area contributed by atoms with Crippen LogP contribution in [0.25, 0.3) is 22.0 Å². The molecule has 2 N–H and O–H groups in total. The van der Waals surface area contributed by atoms with Crippen molar-refractivity contribution in [3.8, 4) is 0 Å². The van der Waals surface area contributed by atoms with Crippen molar-refractivity contribution in [2.24, 2.45) is 7.05 Å². The lowest BCUT2D eigenvalue weighted by Gasteiger charge is -2.07. The van der Waals surface area contributed by atoms with Crippen LogP contribution in [-0.4, -0.2) is 9.55 Å². The number of H-pyrrole nitrogens is 1. The van der Waals surface area contributed by atoms with Crippen molar-refractivity contribution in [3.05, 3.63) is 74.0 Å². The molecule has 2 aromatic carbocycles. The molecule has 0 radical (unpaired) electrons. The normalized spacial score (nSPS) is 11.3. The lowest BCUT2D eigenvalue weighted by atomic mass is 10.1. The molecule has 0 fully saturated rings. The highest BCUT2D eigenvalue weighted by molar-refractivity contribution is 6.31. The number of aromatic nitrogens is 2. The summed E-state index contributed by atoms with van der Waals surface area (Å²) in [5.74, 6) is -0.407. The van der Waals surface area contributed by atoms with Crippen LogP contribution in [0.2, 0.25) is 5.02 Å². The predicted molar refractivity (Wildman–Crippen MR) is 98.4 cm³/mol. The fraction of sp³-hybridized carbons (Fsp3) is 0.111. The second-order valence-electron chi connectivity index (χ2n) is 5.82. The summed E-state index contributed by atoms with van der Waals surface area (Å²) in [4.78, 5) is 26.6. The number of anilines is 1. The molecule has 126 valence electrons. The Morgan fingerprint density at radius 1 is 1.16 bits per heavy atom. The summed E-state index contributed by atoms with van der Waals surface area (Å²) in [7, 11) is 1.65. The number of halogens is 1. The first-order valence-electron chi connectivity index (χ1n) is 7.66. The number of rotatable bonds is 3. The summed E-state index contributed by atoms with van der Waals surface area (Å²) in [6, 6.07) is 12.5. The van der Waals surface area contributed by atoms with E-state index in [0.29, 0.717) is 28.2 Å². The molecular weight excluding hydrogens is 342 g/mol. The molecule has 0 saturated carbocycles. The maximum absolute atomic E-state index is 12.2. The number of hydrogen-bond donors (Lipinski definition) is 2. The number of fused-ring (bicyclic) bond motifs is 2. The van der Waals surface area contributed by atoms with E-state index in [9.17, 15) is 9.59 Å². The van der Waals surface area contributed by atoms with E-state index < -0.39 is 5.76 Å². The summed E-state index contributed by atoms with van der Waals surface area (Å²) in [5.41, 5.74) is 3.18. The molecule has 0 aliphatic heterocycles. The van der Waals surface area contributed by atoms with E-state index in [-0.39, 0.29) is 5.56 Å². The van der Waals surface area contributed by atoms with Gasteiger partial charge in [-0.25, -0.2) is 4.79 Å². The van der Waals surface area contributed by atoms with Crippen molar-refractivity contribution in [2.45, 2.75) is 6.54 Å². The molecule has 25 heavy (non-hydrogen) atoms. The summed E-state index contributed by atoms with van der Waals surface area (Å²) in [5, 5.41) is 4.69. The smallest absolute Gasteiger partial charge is 0.408 e. The quantitative estimate of drug-likeness (QED) is 0.591. The van der Waals surface area contributed by atoms with E-state index in [0.717, 1.165) is 16.6 Å². The van der Waals surface area contributed by atoms with E-state index >= 15 is 0 Å². The fourth-order valence-electron chi connectivity index (χ4n) is 2.79. The number of nitrogens with one attached hydrogen (secondary N) is 2. The Hall–Kier alpha value is -2.99. The molecule has 0 bridgehead atoms. The van der Waals surface area contributed by atoms with E-state index in [1.807, 2.05) is 18.2 Å². The highest BCUT2D eigenvalue weighted by atomic mass is 35.5. The van der Waals surface area contributed by atoms with Crippen LogP contribution in [-0.2, 0) is 13.6 Å². The van der Waals surface area contributed by atoms with Gasteiger partial charge in [-0.1, -0.05) is 11.6 Å². The molecule has 0 atom stereocenters. The summed E-state index contributed by atoms with van der Waals surface area (Å²) < 4.78 is 6.54. The standard InChI is InChI=1S/C18H14ClN3O3/c1-22-15-8-13(3-5-16(15)25-18(22)24)20-9-11-6-10-7-12(19)2-4-14(10)21-17(11)23/h2-8,20H,9H2,1H3,(H,21,23). The number of pyridine rings is 1. The van der Waals surface area contributed by atoms with Gasteiger partial charge in [-0.15, -0.1) is 0 Å². The van der Waals surface area contributed by atoms with Gasteiger partial charge in [0, 0.05) is 40.8 Å². The van der Waals surface area contributed by atoms with Gasteiger partial charge in [0.05, 0.1) is 5.52 Å². The van der Waals surface area contributed by atoms with Gasteiger partial charge in [0.2, 0.25) is 0 Å². The van der Waals surface area contributed by atoms with Crippen molar-refractivity contribution in [3.63, 3.8) is 0 Å². The Kier molecular flexibility index (Phi) is 3.62. The van der Waals surface area contributed by atoms with E-state index in [1.54, 1.807) is 31.3 Å². The van der Waals surface area contributed by atoms with Gasteiger partial charge >= 0.3 is 5.76 Å². The maximum atomic E-state index is 12.2. The Labute approximate surface area is 146 Å². The Bertz CT molecular complexity index is 1220. The fourth-order valence-corrected chi connectivity index (χ4v) is 2.97. The van der Waals surface area contributed by atoms with Crippen molar-refractivity contribution >= 4 is 39.3 Å². The molecule has 0 amide bonds. The molecule has 4 rings (SSSR count). The first kappa shape index (κ1) is 15.5. The molecular formula is C18H14ClN3O3. The average Bonchev–Trinajstić information content (AvgIpc) is 2.87. The monoisotopic (exact) mass is 355 g/mol. The number of benzene rings is 2.